The van der Waals surface area contributed by atoms with Gasteiger partial charge in [-0.15, -0.1) is 11.6 Å². The summed E-state index contributed by atoms with van der Waals surface area (Å²) in [6.45, 7) is 0. The number of alkyl halides is 1. The Kier molecular flexibility index (Phi) is 2.29. The molecule has 0 unspecified atom stereocenters. The lowest BCUT2D eigenvalue weighted by Gasteiger charge is -1.95. The van der Waals surface area contributed by atoms with Gasteiger partial charge in [-0.2, -0.15) is 0 Å². The molecule has 0 amide bonds. The highest BCUT2D eigenvalue weighted by molar-refractivity contribution is 6.17. The van der Waals surface area contributed by atoms with Crippen LogP contribution in [0.4, 0.5) is 0 Å². The second-order valence-electron chi connectivity index (χ2n) is 3.68. The van der Waals surface area contributed by atoms with E-state index in [1.165, 1.54) is 5.39 Å². The summed E-state index contributed by atoms with van der Waals surface area (Å²) in [5.41, 5.74) is 1.76. The number of aryl methyl sites for hydroxylation is 1. The van der Waals surface area contributed by atoms with E-state index in [0.717, 1.165) is 16.5 Å². The lowest BCUT2D eigenvalue weighted by molar-refractivity contribution is 0.539. The van der Waals surface area contributed by atoms with E-state index in [9.17, 15) is 0 Å². The zero-order chi connectivity index (χ0) is 11.0. The van der Waals surface area contributed by atoms with Crippen molar-refractivity contribution in [2.45, 2.75) is 6.42 Å². The molecule has 3 aromatic rings. The van der Waals surface area contributed by atoms with Crippen LogP contribution in [-0.2, 0) is 6.42 Å². The molecule has 2 aromatic carbocycles. The third kappa shape index (κ3) is 1.46. The van der Waals surface area contributed by atoms with Crippen LogP contribution in [0.25, 0.3) is 21.9 Å². The summed E-state index contributed by atoms with van der Waals surface area (Å²) in [6, 6.07) is 12.2. The molecule has 0 saturated heterocycles. The molecular formula is C13H10ClNO. The summed E-state index contributed by atoms with van der Waals surface area (Å²) in [4.78, 5) is 4.48. The molecule has 1 aromatic heterocycles. The summed E-state index contributed by atoms with van der Waals surface area (Å²) < 4.78 is 5.62. The number of oxazole rings is 1. The van der Waals surface area contributed by atoms with Gasteiger partial charge < -0.3 is 4.42 Å². The van der Waals surface area contributed by atoms with E-state index in [1.807, 2.05) is 24.3 Å². The normalized spacial score (nSPS) is 11.3. The minimum atomic E-state index is 0.532. The second-order valence-corrected chi connectivity index (χ2v) is 4.06. The fourth-order valence-corrected chi connectivity index (χ4v) is 2.06. The van der Waals surface area contributed by atoms with E-state index >= 15 is 0 Å². The van der Waals surface area contributed by atoms with Gasteiger partial charge in [-0.25, -0.2) is 4.98 Å². The van der Waals surface area contributed by atoms with Gasteiger partial charge >= 0.3 is 0 Å². The molecule has 0 atom stereocenters. The monoisotopic (exact) mass is 231 g/mol. The van der Waals surface area contributed by atoms with Crippen LogP contribution >= 0.6 is 11.6 Å². The summed E-state index contributed by atoms with van der Waals surface area (Å²) in [7, 11) is 0. The average Bonchev–Trinajstić information content (AvgIpc) is 2.72. The molecule has 0 spiro atoms. The van der Waals surface area contributed by atoms with Crippen LogP contribution in [-0.4, -0.2) is 10.9 Å². The molecule has 2 nitrogen and oxygen atoms in total. The fourth-order valence-electron chi connectivity index (χ4n) is 1.90. The van der Waals surface area contributed by atoms with Crippen LogP contribution < -0.4 is 0 Å². The lowest BCUT2D eigenvalue weighted by Crippen LogP contribution is -1.84. The number of hydrogen-bond acceptors (Lipinski definition) is 2. The van der Waals surface area contributed by atoms with Gasteiger partial charge in [-0.1, -0.05) is 30.3 Å². The Bertz CT molecular complexity index is 645. The quantitative estimate of drug-likeness (QED) is 0.628. The van der Waals surface area contributed by atoms with E-state index in [0.29, 0.717) is 18.2 Å². The number of fused-ring (bicyclic) bond motifs is 3. The van der Waals surface area contributed by atoms with Crippen molar-refractivity contribution in [2.75, 3.05) is 5.88 Å². The molecule has 1 heterocycles. The fraction of sp³-hybridized carbons (Fsp3) is 0.154. The first-order chi connectivity index (χ1) is 7.88. The first kappa shape index (κ1) is 9.67. The van der Waals surface area contributed by atoms with Gasteiger partial charge in [-0.05, 0) is 11.5 Å². The maximum atomic E-state index is 5.68. The Labute approximate surface area is 97.8 Å². The highest BCUT2D eigenvalue weighted by atomic mass is 35.5. The van der Waals surface area contributed by atoms with Crippen molar-refractivity contribution in [1.29, 1.82) is 0 Å². The molecule has 0 aliphatic heterocycles. The number of aromatic nitrogens is 1. The van der Waals surface area contributed by atoms with Crippen molar-refractivity contribution in [2.24, 2.45) is 0 Å². The van der Waals surface area contributed by atoms with Crippen LogP contribution in [0, 0.1) is 0 Å². The molecule has 16 heavy (non-hydrogen) atoms. The van der Waals surface area contributed by atoms with E-state index in [4.69, 9.17) is 16.0 Å². The van der Waals surface area contributed by atoms with Crippen molar-refractivity contribution in [3.8, 4) is 0 Å². The summed E-state index contributed by atoms with van der Waals surface area (Å²) in [5, 5.41) is 2.31. The predicted octanol–water partition coefficient (Wildman–Crippen LogP) is 3.76. The van der Waals surface area contributed by atoms with Crippen molar-refractivity contribution < 1.29 is 4.42 Å². The molecule has 3 rings (SSSR count). The first-order valence-corrected chi connectivity index (χ1v) is 5.75. The highest BCUT2D eigenvalue weighted by Crippen LogP contribution is 2.25. The third-order valence-corrected chi connectivity index (χ3v) is 2.83. The Balaban J connectivity index is 2.32. The minimum Gasteiger partial charge on any atom is -0.441 e. The van der Waals surface area contributed by atoms with Crippen LogP contribution in [0.3, 0.4) is 0 Å². The van der Waals surface area contributed by atoms with E-state index in [1.54, 1.807) is 0 Å². The Morgan fingerprint density at radius 1 is 1.12 bits per heavy atom. The summed E-state index contributed by atoms with van der Waals surface area (Å²) in [5.74, 6) is 1.24. The van der Waals surface area contributed by atoms with Gasteiger partial charge in [0, 0.05) is 17.7 Å². The molecule has 0 bridgehead atoms. The molecule has 0 aliphatic carbocycles. The highest BCUT2D eigenvalue weighted by Gasteiger charge is 2.07. The van der Waals surface area contributed by atoms with Gasteiger partial charge in [0.1, 0.15) is 5.52 Å². The van der Waals surface area contributed by atoms with Crippen LogP contribution in [0.1, 0.15) is 5.89 Å². The topological polar surface area (TPSA) is 26.0 Å². The lowest BCUT2D eigenvalue weighted by atomic mass is 10.1. The number of nitrogens with zero attached hydrogens (tertiary/aromatic N) is 1. The first-order valence-electron chi connectivity index (χ1n) is 5.21. The maximum absolute atomic E-state index is 5.68. The summed E-state index contributed by atoms with van der Waals surface area (Å²) in [6.07, 6.45) is 0.671. The van der Waals surface area contributed by atoms with E-state index in [-0.39, 0.29) is 0 Å². The predicted molar refractivity (Wildman–Crippen MR) is 65.9 cm³/mol. The molecule has 80 valence electrons. The van der Waals surface area contributed by atoms with E-state index < -0.39 is 0 Å². The van der Waals surface area contributed by atoms with Gasteiger partial charge in [0.15, 0.2) is 11.5 Å². The van der Waals surface area contributed by atoms with Gasteiger partial charge in [-0.3, -0.25) is 0 Å². The van der Waals surface area contributed by atoms with Crippen molar-refractivity contribution in [1.82, 2.24) is 4.98 Å². The summed E-state index contributed by atoms with van der Waals surface area (Å²) >= 11 is 5.68. The smallest absolute Gasteiger partial charge is 0.196 e. The zero-order valence-electron chi connectivity index (χ0n) is 8.61. The number of benzene rings is 2. The standard InChI is InChI=1S/C13H10ClNO/c14-8-7-12-15-13-10-4-2-1-3-9(10)5-6-11(13)16-12/h1-6H,7-8H2. The second kappa shape index (κ2) is 3.80. The minimum absolute atomic E-state index is 0.532. The van der Waals surface area contributed by atoms with Crippen LogP contribution in [0.2, 0.25) is 0 Å². The molecule has 3 heteroatoms. The number of halogens is 1. The Hall–Kier alpha value is -1.54. The average molecular weight is 232 g/mol. The number of rotatable bonds is 2. The number of hydrogen-bond donors (Lipinski definition) is 0. The Morgan fingerprint density at radius 3 is 2.88 bits per heavy atom. The zero-order valence-corrected chi connectivity index (χ0v) is 9.37. The third-order valence-electron chi connectivity index (χ3n) is 2.64. The molecule has 0 aliphatic rings. The van der Waals surface area contributed by atoms with E-state index in [2.05, 4.69) is 17.1 Å². The van der Waals surface area contributed by atoms with Crippen molar-refractivity contribution in [3.05, 3.63) is 42.3 Å². The molecule has 0 radical (unpaired) electrons. The molecule has 0 saturated carbocycles. The maximum Gasteiger partial charge on any atom is 0.196 e. The van der Waals surface area contributed by atoms with Crippen LogP contribution in [0.5, 0.6) is 0 Å². The SMILES string of the molecule is ClCCc1nc2c(ccc3ccccc32)o1. The Morgan fingerprint density at radius 2 is 2.00 bits per heavy atom. The van der Waals surface area contributed by atoms with Gasteiger partial charge in [0.25, 0.3) is 0 Å². The molecule has 0 fully saturated rings. The molecular weight excluding hydrogens is 222 g/mol. The van der Waals surface area contributed by atoms with Gasteiger partial charge in [0.2, 0.25) is 0 Å². The van der Waals surface area contributed by atoms with Crippen molar-refractivity contribution >= 4 is 33.5 Å². The largest absolute Gasteiger partial charge is 0.441 e. The molecule has 0 N–H and O–H groups in total. The van der Waals surface area contributed by atoms with Gasteiger partial charge in [0.05, 0.1) is 0 Å². The van der Waals surface area contributed by atoms with Crippen LogP contribution in [0.15, 0.2) is 40.8 Å². The van der Waals surface area contributed by atoms with Crippen molar-refractivity contribution in [3.63, 3.8) is 0 Å².